The van der Waals surface area contributed by atoms with Gasteiger partial charge in [0.15, 0.2) is 0 Å². The molecule has 0 spiro atoms. The highest BCUT2D eigenvalue weighted by Crippen LogP contribution is 2.20. The van der Waals surface area contributed by atoms with E-state index in [9.17, 15) is 0 Å². The van der Waals surface area contributed by atoms with Crippen LogP contribution >= 0.6 is 27.5 Å². The number of benzene rings is 1. The van der Waals surface area contributed by atoms with Crippen LogP contribution in [0.4, 0.5) is 0 Å². The molecular weight excluding hydrogens is 251 g/mol. The third-order valence-electron chi connectivity index (χ3n) is 1.73. The molecule has 0 aromatic heterocycles. The first kappa shape index (κ1) is 11.0. The Hall–Kier alpha value is -0.0500. The van der Waals surface area contributed by atoms with E-state index >= 15 is 0 Å². The summed E-state index contributed by atoms with van der Waals surface area (Å²) in [5.74, 6) is 0.548. The fourth-order valence-electron chi connectivity index (χ4n) is 1.03. The van der Waals surface area contributed by atoms with Crippen molar-refractivity contribution in [1.29, 1.82) is 0 Å². The molecule has 0 radical (unpaired) electrons. The third kappa shape index (κ3) is 3.29. The van der Waals surface area contributed by atoms with E-state index in [1.54, 1.807) is 0 Å². The first-order chi connectivity index (χ1) is 6.27. The van der Waals surface area contributed by atoms with E-state index < -0.39 is 0 Å². The summed E-state index contributed by atoms with van der Waals surface area (Å²) in [4.78, 5) is 0. The van der Waals surface area contributed by atoms with Crippen LogP contribution in [0.3, 0.4) is 0 Å². The maximum Gasteiger partial charge on any atom is 0.0727 e. The minimum Gasteiger partial charge on any atom is -0.377 e. The second kappa shape index (κ2) is 5.63. The molecule has 0 saturated heterocycles. The molecule has 0 aliphatic heterocycles. The zero-order valence-electron chi connectivity index (χ0n) is 7.52. The normalized spacial score (nSPS) is 10.4. The van der Waals surface area contributed by atoms with Gasteiger partial charge in [0, 0.05) is 17.0 Å². The van der Waals surface area contributed by atoms with Crippen LogP contribution in [0.25, 0.3) is 0 Å². The predicted octanol–water partition coefficient (Wildman–Crippen LogP) is 3.72. The molecule has 0 fully saturated rings. The van der Waals surface area contributed by atoms with Gasteiger partial charge in [0.1, 0.15) is 0 Å². The summed E-state index contributed by atoms with van der Waals surface area (Å²) in [6.45, 7) is 3.36. The van der Waals surface area contributed by atoms with Crippen LogP contribution < -0.4 is 0 Å². The molecule has 0 heterocycles. The minimum atomic E-state index is 0.548. The van der Waals surface area contributed by atoms with E-state index in [0.717, 1.165) is 22.2 Å². The van der Waals surface area contributed by atoms with Gasteiger partial charge in [-0.1, -0.05) is 28.1 Å². The van der Waals surface area contributed by atoms with Crippen LogP contribution in [0.15, 0.2) is 22.7 Å². The SMILES string of the molecule is CCOCc1cc(CCl)ccc1Br. The largest absolute Gasteiger partial charge is 0.377 e. The second-order valence-corrected chi connectivity index (χ2v) is 3.82. The molecule has 1 nitrogen and oxygen atoms in total. The van der Waals surface area contributed by atoms with E-state index in [2.05, 4.69) is 22.0 Å². The molecule has 13 heavy (non-hydrogen) atoms. The van der Waals surface area contributed by atoms with Gasteiger partial charge in [-0.3, -0.25) is 0 Å². The van der Waals surface area contributed by atoms with Gasteiger partial charge >= 0.3 is 0 Å². The van der Waals surface area contributed by atoms with Crippen molar-refractivity contribution in [3.05, 3.63) is 33.8 Å². The summed E-state index contributed by atoms with van der Waals surface area (Å²) < 4.78 is 6.41. The van der Waals surface area contributed by atoms with Gasteiger partial charge in [-0.15, -0.1) is 11.6 Å². The molecule has 0 bridgehead atoms. The van der Waals surface area contributed by atoms with Crippen LogP contribution in [0.1, 0.15) is 18.1 Å². The Bertz CT molecular complexity index is 276. The molecule has 3 heteroatoms. The summed E-state index contributed by atoms with van der Waals surface area (Å²) in [6, 6.07) is 6.07. The first-order valence-electron chi connectivity index (χ1n) is 4.19. The number of ether oxygens (including phenoxy) is 1. The molecule has 0 N–H and O–H groups in total. The first-order valence-corrected chi connectivity index (χ1v) is 5.51. The molecule has 0 aliphatic carbocycles. The minimum absolute atomic E-state index is 0.548. The highest BCUT2D eigenvalue weighted by molar-refractivity contribution is 9.10. The number of hydrogen-bond donors (Lipinski definition) is 0. The van der Waals surface area contributed by atoms with Crippen molar-refractivity contribution in [2.45, 2.75) is 19.4 Å². The highest BCUT2D eigenvalue weighted by Gasteiger charge is 2.00. The number of hydrogen-bond acceptors (Lipinski definition) is 1. The Morgan fingerprint density at radius 3 is 2.85 bits per heavy atom. The molecule has 1 rings (SSSR count). The fourth-order valence-corrected chi connectivity index (χ4v) is 1.56. The van der Waals surface area contributed by atoms with Gasteiger partial charge in [0.2, 0.25) is 0 Å². The Kier molecular flexibility index (Phi) is 4.78. The molecule has 0 atom stereocenters. The quantitative estimate of drug-likeness (QED) is 0.752. The summed E-state index contributed by atoms with van der Waals surface area (Å²) in [7, 11) is 0. The van der Waals surface area contributed by atoms with Crippen molar-refractivity contribution in [3.63, 3.8) is 0 Å². The van der Waals surface area contributed by atoms with Gasteiger partial charge in [-0.05, 0) is 24.1 Å². The van der Waals surface area contributed by atoms with Crippen molar-refractivity contribution >= 4 is 27.5 Å². The van der Waals surface area contributed by atoms with Crippen LogP contribution in [0.2, 0.25) is 0 Å². The zero-order valence-corrected chi connectivity index (χ0v) is 9.86. The summed E-state index contributed by atoms with van der Waals surface area (Å²) in [6.07, 6.45) is 0. The second-order valence-electron chi connectivity index (χ2n) is 2.70. The number of halogens is 2. The monoisotopic (exact) mass is 262 g/mol. The van der Waals surface area contributed by atoms with E-state index in [0.29, 0.717) is 12.5 Å². The smallest absolute Gasteiger partial charge is 0.0727 e. The van der Waals surface area contributed by atoms with Crippen molar-refractivity contribution < 1.29 is 4.74 Å². The van der Waals surface area contributed by atoms with Crippen LogP contribution in [-0.4, -0.2) is 6.61 Å². The zero-order chi connectivity index (χ0) is 9.68. The average molecular weight is 264 g/mol. The van der Waals surface area contributed by atoms with Gasteiger partial charge in [-0.2, -0.15) is 0 Å². The van der Waals surface area contributed by atoms with Crippen LogP contribution in [0, 0.1) is 0 Å². The van der Waals surface area contributed by atoms with Gasteiger partial charge in [0.05, 0.1) is 6.61 Å². The predicted molar refractivity (Wildman–Crippen MR) is 59.0 cm³/mol. The van der Waals surface area contributed by atoms with Crippen molar-refractivity contribution in [2.75, 3.05) is 6.61 Å². The van der Waals surface area contributed by atoms with Crippen molar-refractivity contribution in [1.82, 2.24) is 0 Å². The molecule has 0 aliphatic rings. The molecule has 0 unspecified atom stereocenters. The maximum absolute atomic E-state index is 5.73. The van der Waals surface area contributed by atoms with Gasteiger partial charge in [-0.25, -0.2) is 0 Å². The number of rotatable bonds is 4. The van der Waals surface area contributed by atoms with Crippen molar-refractivity contribution in [3.8, 4) is 0 Å². The standard InChI is InChI=1S/C10H12BrClO/c1-2-13-7-9-5-8(6-12)3-4-10(9)11/h3-5H,2,6-7H2,1H3. The van der Waals surface area contributed by atoms with E-state index in [1.807, 2.05) is 19.1 Å². The lowest BCUT2D eigenvalue weighted by Crippen LogP contribution is -1.94. The lowest BCUT2D eigenvalue weighted by atomic mass is 10.1. The molecule has 0 amide bonds. The van der Waals surface area contributed by atoms with Gasteiger partial charge < -0.3 is 4.74 Å². The summed E-state index contributed by atoms with van der Waals surface area (Å²) in [5.41, 5.74) is 2.28. The van der Waals surface area contributed by atoms with E-state index in [4.69, 9.17) is 16.3 Å². The fraction of sp³-hybridized carbons (Fsp3) is 0.400. The molecule has 1 aromatic rings. The lowest BCUT2D eigenvalue weighted by molar-refractivity contribution is 0.133. The Morgan fingerprint density at radius 2 is 2.23 bits per heavy atom. The van der Waals surface area contributed by atoms with Crippen LogP contribution in [0.5, 0.6) is 0 Å². The lowest BCUT2D eigenvalue weighted by Gasteiger charge is -2.06. The van der Waals surface area contributed by atoms with E-state index in [1.165, 1.54) is 0 Å². The Morgan fingerprint density at radius 1 is 1.46 bits per heavy atom. The maximum atomic E-state index is 5.73. The molecule has 72 valence electrons. The van der Waals surface area contributed by atoms with Crippen LogP contribution in [-0.2, 0) is 17.2 Å². The summed E-state index contributed by atoms with van der Waals surface area (Å²) >= 11 is 9.20. The topological polar surface area (TPSA) is 9.23 Å². The third-order valence-corrected chi connectivity index (χ3v) is 2.81. The van der Waals surface area contributed by atoms with E-state index in [-0.39, 0.29) is 0 Å². The molecule has 1 aromatic carbocycles. The Balaban J connectivity index is 2.78. The highest BCUT2D eigenvalue weighted by atomic mass is 79.9. The van der Waals surface area contributed by atoms with Gasteiger partial charge in [0.25, 0.3) is 0 Å². The Labute approximate surface area is 92.2 Å². The van der Waals surface area contributed by atoms with Crippen molar-refractivity contribution in [2.24, 2.45) is 0 Å². The molecule has 0 saturated carbocycles. The summed E-state index contributed by atoms with van der Waals surface area (Å²) in [5, 5.41) is 0. The average Bonchev–Trinajstić information content (AvgIpc) is 2.17. The molecular formula is C10H12BrClO. The number of alkyl halides is 1.